The van der Waals surface area contributed by atoms with Crippen molar-refractivity contribution in [1.82, 2.24) is 14.8 Å². The van der Waals surface area contributed by atoms with Gasteiger partial charge in [-0.05, 0) is 24.7 Å². The number of benzene rings is 2. The van der Waals surface area contributed by atoms with E-state index in [1.54, 1.807) is 24.5 Å². The van der Waals surface area contributed by atoms with Gasteiger partial charge in [0.1, 0.15) is 28.2 Å². The van der Waals surface area contributed by atoms with E-state index in [4.69, 9.17) is 4.42 Å². The van der Waals surface area contributed by atoms with Gasteiger partial charge in [-0.3, -0.25) is 14.6 Å². The van der Waals surface area contributed by atoms with Gasteiger partial charge in [-0.15, -0.1) is 0 Å². The molecular formula is C28H27N3O5. The fourth-order valence-electron chi connectivity index (χ4n) is 4.74. The van der Waals surface area contributed by atoms with Gasteiger partial charge in [0.25, 0.3) is 0 Å². The van der Waals surface area contributed by atoms with Crippen molar-refractivity contribution in [3.8, 4) is 22.8 Å². The van der Waals surface area contributed by atoms with Gasteiger partial charge in [-0.1, -0.05) is 30.3 Å². The molecule has 5 rings (SSSR count). The number of piperazine rings is 1. The average Bonchev–Trinajstić information content (AvgIpc) is 2.89. The second-order valence-electron chi connectivity index (χ2n) is 9.09. The van der Waals surface area contributed by atoms with Crippen molar-refractivity contribution >= 4 is 16.9 Å². The molecule has 0 aliphatic carbocycles. The van der Waals surface area contributed by atoms with E-state index in [1.807, 2.05) is 42.3 Å². The second kappa shape index (κ2) is 9.83. The Kier molecular flexibility index (Phi) is 6.43. The number of aromatic nitrogens is 1. The van der Waals surface area contributed by atoms with Crippen LogP contribution in [0.25, 0.3) is 22.3 Å². The lowest BCUT2D eigenvalue weighted by molar-refractivity contribution is -0.133. The number of rotatable bonds is 5. The molecule has 1 fully saturated rings. The molecule has 4 aromatic rings. The molecule has 1 aliphatic heterocycles. The summed E-state index contributed by atoms with van der Waals surface area (Å²) < 4.78 is 6.20. The first-order valence-electron chi connectivity index (χ1n) is 11.9. The van der Waals surface area contributed by atoms with E-state index < -0.39 is 11.3 Å². The lowest BCUT2D eigenvalue weighted by Gasteiger charge is -2.33. The number of pyridine rings is 1. The maximum atomic E-state index is 13.4. The summed E-state index contributed by atoms with van der Waals surface area (Å²) in [5, 5.41) is 21.6. The summed E-state index contributed by atoms with van der Waals surface area (Å²) in [6, 6.07) is 15.2. The van der Waals surface area contributed by atoms with Gasteiger partial charge >= 0.3 is 0 Å². The van der Waals surface area contributed by atoms with Crippen LogP contribution in [-0.4, -0.2) is 64.1 Å². The van der Waals surface area contributed by atoms with Gasteiger partial charge in [0.15, 0.2) is 5.43 Å². The number of aromatic hydroxyl groups is 2. The van der Waals surface area contributed by atoms with Crippen LogP contribution in [0.2, 0.25) is 0 Å². The lowest BCUT2D eigenvalue weighted by atomic mass is 9.86. The quantitative estimate of drug-likeness (QED) is 0.445. The van der Waals surface area contributed by atoms with Crippen LogP contribution in [0.4, 0.5) is 0 Å². The summed E-state index contributed by atoms with van der Waals surface area (Å²) in [5.74, 6) is -1.01. The number of carbonyl (C=O) groups excluding carboxylic acids is 1. The molecule has 3 heterocycles. The number of amides is 1. The minimum absolute atomic E-state index is 0.0337. The van der Waals surface area contributed by atoms with Gasteiger partial charge < -0.3 is 24.4 Å². The second-order valence-corrected chi connectivity index (χ2v) is 9.09. The lowest BCUT2D eigenvalue weighted by Crippen LogP contribution is -2.47. The molecule has 8 heteroatoms. The van der Waals surface area contributed by atoms with Crippen molar-refractivity contribution in [3.63, 3.8) is 0 Å². The molecule has 1 saturated heterocycles. The Morgan fingerprint density at radius 1 is 1.00 bits per heavy atom. The number of phenolic OH excluding ortho intramolecular Hbond substituents is 2. The van der Waals surface area contributed by atoms with Crippen LogP contribution in [0.3, 0.4) is 0 Å². The number of carbonyl (C=O) groups is 1. The third kappa shape index (κ3) is 4.55. The molecule has 0 saturated carbocycles. The molecule has 0 spiro atoms. The monoisotopic (exact) mass is 485 g/mol. The normalized spacial score (nSPS) is 15.2. The highest BCUT2D eigenvalue weighted by molar-refractivity contribution is 5.91. The molecule has 2 aromatic carbocycles. The van der Waals surface area contributed by atoms with Crippen LogP contribution >= 0.6 is 0 Å². The van der Waals surface area contributed by atoms with Crippen molar-refractivity contribution in [2.75, 3.05) is 33.2 Å². The van der Waals surface area contributed by atoms with Crippen LogP contribution in [0, 0.1) is 0 Å². The van der Waals surface area contributed by atoms with Crippen molar-refractivity contribution in [3.05, 3.63) is 88.3 Å². The van der Waals surface area contributed by atoms with Crippen LogP contribution in [-0.2, 0) is 4.79 Å². The van der Waals surface area contributed by atoms with Crippen molar-refractivity contribution in [2.24, 2.45) is 0 Å². The fourth-order valence-corrected chi connectivity index (χ4v) is 4.74. The predicted octanol–water partition coefficient (Wildman–Crippen LogP) is 3.56. The first kappa shape index (κ1) is 23.6. The Hall–Kier alpha value is -4.17. The molecule has 2 aromatic heterocycles. The minimum Gasteiger partial charge on any atom is -0.507 e. The van der Waals surface area contributed by atoms with Crippen molar-refractivity contribution < 1.29 is 19.4 Å². The topological polar surface area (TPSA) is 107 Å². The zero-order chi connectivity index (χ0) is 25.2. The average molecular weight is 486 g/mol. The molecule has 1 unspecified atom stereocenters. The summed E-state index contributed by atoms with van der Waals surface area (Å²) in [4.78, 5) is 34.6. The van der Waals surface area contributed by atoms with Gasteiger partial charge in [0.2, 0.25) is 5.91 Å². The third-order valence-electron chi connectivity index (χ3n) is 6.75. The number of likely N-dealkylation sites (N-methyl/N-ethyl adjacent to an activating group) is 1. The van der Waals surface area contributed by atoms with Crippen molar-refractivity contribution in [1.29, 1.82) is 0 Å². The Bertz CT molecular complexity index is 1450. The number of hydrogen-bond donors (Lipinski definition) is 2. The van der Waals surface area contributed by atoms with Crippen LogP contribution in [0.5, 0.6) is 11.5 Å². The highest BCUT2D eigenvalue weighted by Gasteiger charge is 2.30. The van der Waals surface area contributed by atoms with E-state index in [2.05, 4.69) is 9.88 Å². The summed E-state index contributed by atoms with van der Waals surface area (Å²) in [5.41, 5.74) is 1.33. The first-order chi connectivity index (χ1) is 17.4. The maximum absolute atomic E-state index is 13.4. The molecular weight excluding hydrogens is 458 g/mol. The third-order valence-corrected chi connectivity index (χ3v) is 6.75. The Morgan fingerprint density at radius 3 is 2.39 bits per heavy atom. The van der Waals surface area contributed by atoms with Crippen LogP contribution < -0.4 is 5.43 Å². The van der Waals surface area contributed by atoms with Crippen molar-refractivity contribution in [2.45, 2.75) is 12.3 Å². The summed E-state index contributed by atoms with van der Waals surface area (Å²) in [7, 11) is 2.02. The maximum Gasteiger partial charge on any atom is 0.223 e. The molecule has 0 bridgehead atoms. The van der Waals surface area contributed by atoms with Gasteiger partial charge in [0.05, 0.1) is 0 Å². The fraction of sp³-hybridized carbons (Fsp3) is 0.250. The van der Waals surface area contributed by atoms with Gasteiger partial charge in [0, 0.05) is 74.2 Å². The number of fused-ring (bicyclic) bond motifs is 1. The zero-order valence-corrected chi connectivity index (χ0v) is 19.9. The summed E-state index contributed by atoms with van der Waals surface area (Å²) in [6.07, 6.45) is 3.29. The summed E-state index contributed by atoms with van der Waals surface area (Å²) >= 11 is 0. The highest BCUT2D eigenvalue weighted by Crippen LogP contribution is 2.43. The largest absolute Gasteiger partial charge is 0.507 e. The molecule has 0 radical (unpaired) electrons. The Labute approximate surface area is 208 Å². The van der Waals surface area contributed by atoms with E-state index in [0.29, 0.717) is 24.4 Å². The number of nitrogens with zero attached hydrogens (tertiary/aromatic N) is 3. The standard InChI is InChI=1S/C28H27N3O5/c1-30-11-13-31(14-12-30)25(35)15-20(18-7-9-29-10-8-18)26-21(32)16-22(33)27-23(34)17-24(36-28(26)27)19-5-3-2-4-6-19/h2-10,16-17,20,32-33H,11-15H2,1H3. The number of hydrogen-bond acceptors (Lipinski definition) is 7. The highest BCUT2D eigenvalue weighted by atomic mass is 16.3. The van der Waals surface area contributed by atoms with Gasteiger partial charge in [-0.25, -0.2) is 0 Å². The number of phenols is 2. The zero-order valence-electron chi connectivity index (χ0n) is 19.9. The van der Waals surface area contributed by atoms with Gasteiger partial charge in [-0.2, -0.15) is 0 Å². The van der Waals surface area contributed by atoms with E-state index in [9.17, 15) is 19.8 Å². The van der Waals surface area contributed by atoms with Crippen LogP contribution in [0.15, 0.2) is 76.2 Å². The predicted molar refractivity (Wildman–Crippen MR) is 136 cm³/mol. The molecule has 8 nitrogen and oxygen atoms in total. The first-order valence-corrected chi connectivity index (χ1v) is 11.9. The minimum atomic E-state index is -0.627. The Morgan fingerprint density at radius 2 is 1.69 bits per heavy atom. The molecule has 1 amide bonds. The molecule has 1 atom stereocenters. The molecule has 2 N–H and O–H groups in total. The van der Waals surface area contributed by atoms with E-state index in [0.717, 1.165) is 24.7 Å². The molecule has 1 aliphatic rings. The Balaban J connectivity index is 1.68. The van der Waals surface area contributed by atoms with E-state index in [-0.39, 0.29) is 40.4 Å². The van der Waals surface area contributed by atoms with E-state index >= 15 is 0 Å². The van der Waals surface area contributed by atoms with E-state index in [1.165, 1.54) is 6.07 Å². The molecule has 184 valence electrons. The molecule has 36 heavy (non-hydrogen) atoms. The summed E-state index contributed by atoms with van der Waals surface area (Å²) in [6.45, 7) is 2.81. The SMILES string of the molecule is CN1CCN(C(=O)CC(c2ccncc2)c2c(O)cc(O)c3c(=O)cc(-c4ccccc4)oc23)CC1. The van der Waals surface area contributed by atoms with Crippen LogP contribution in [0.1, 0.15) is 23.5 Å². The smallest absolute Gasteiger partial charge is 0.223 e.